The molecule has 5 rings (SSSR count). The highest BCUT2D eigenvalue weighted by atomic mass is 16.1. The molecule has 0 amide bonds. The molecule has 5 saturated carbocycles. The fourth-order valence-corrected chi connectivity index (χ4v) is 6.36. The van der Waals surface area contributed by atoms with E-state index in [4.69, 9.17) is 0 Å². The van der Waals surface area contributed by atoms with E-state index in [9.17, 15) is 9.59 Å². The summed E-state index contributed by atoms with van der Waals surface area (Å²) in [4.78, 5) is 24.3. The lowest BCUT2D eigenvalue weighted by Crippen LogP contribution is -2.57. The topological polar surface area (TPSA) is 34.1 Å². The van der Waals surface area contributed by atoms with Crippen LogP contribution in [-0.2, 0) is 9.59 Å². The van der Waals surface area contributed by atoms with E-state index < -0.39 is 0 Å². The van der Waals surface area contributed by atoms with Crippen molar-refractivity contribution in [3.05, 3.63) is 0 Å². The van der Waals surface area contributed by atoms with Gasteiger partial charge in [0.15, 0.2) is 0 Å². The standard InChI is InChI=1S/C12H12O2/c1-12-8-4-2-3-5(6(4)11(12)14)10(13)9(12)7(3)8/h3-9H,2H2,1H3/t3-,4+,5-,6+,7-,8+,9+,12+/m0/s1. The van der Waals surface area contributed by atoms with Gasteiger partial charge in [0.2, 0.25) is 0 Å². The number of Topliss-reactive ketones (excluding diaryl/α,β-unsaturated/α-hetero) is 2. The summed E-state index contributed by atoms with van der Waals surface area (Å²) in [5.41, 5.74) is -0.182. The Morgan fingerprint density at radius 2 is 2.00 bits per heavy atom. The van der Waals surface area contributed by atoms with Crippen LogP contribution in [0.5, 0.6) is 0 Å². The van der Waals surface area contributed by atoms with E-state index in [1.165, 1.54) is 6.42 Å². The molecule has 0 spiro atoms. The molecule has 0 heterocycles. The zero-order chi connectivity index (χ0) is 9.40. The van der Waals surface area contributed by atoms with E-state index in [2.05, 4.69) is 6.92 Å². The average molecular weight is 188 g/mol. The summed E-state index contributed by atoms with van der Waals surface area (Å²) in [6.07, 6.45) is 1.20. The maximum atomic E-state index is 12.2. The van der Waals surface area contributed by atoms with Crippen molar-refractivity contribution in [2.75, 3.05) is 0 Å². The summed E-state index contributed by atoms with van der Waals surface area (Å²) >= 11 is 0. The molecule has 72 valence electrons. The zero-order valence-electron chi connectivity index (χ0n) is 8.07. The molecule has 0 unspecified atom stereocenters. The van der Waals surface area contributed by atoms with Gasteiger partial charge >= 0.3 is 0 Å². The van der Waals surface area contributed by atoms with Crippen LogP contribution < -0.4 is 0 Å². The van der Waals surface area contributed by atoms with Crippen molar-refractivity contribution >= 4 is 11.6 Å². The highest BCUT2D eigenvalue weighted by Crippen LogP contribution is 2.84. The molecular weight excluding hydrogens is 176 g/mol. The Hall–Kier alpha value is -0.660. The number of carbonyl (C=O) groups is 2. The summed E-state index contributed by atoms with van der Waals surface area (Å²) in [6.45, 7) is 2.08. The lowest BCUT2D eigenvalue weighted by Gasteiger charge is -2.51. The molecule has 5 aliphatic rings. The minimum absolute atomic E-state index is 0.166. The van der Waals surface area contributed by atoms with Gasteiger partial charge in [-0.2, -0.15) is 0 Å². The Morgan fingerprint density at radius 3 is 2.79 bits per heavy atom. The molecule has 5 fully saturated rings. The molecule has 0 aromatic carbocycles. The van der Waals surface area contributed by atoms with Gasteiger partial charge in [-0.25, -0.2) is 0 Å². The number of hydrogen-bond donors (Lipinski definition) is 0. The van der Waals surface area contributed by atoms with Crippen LogP contribution in [0.3, 0.4) is 0 Å². The largest absolute Gasteiger partial charge is 0.299 e. The van der Waals surface area contributed by atoms with Crippen LogP contribution in [0.1, 0.15) is 13.3 Å². The van der Waals surface area contributed by atoms with Crippen LogP contribution >= 0.6 is 0 Å². The predicted molar refractivity (Wildman–Crippen MR) is 47.2 cm³/mol. The molecule has 0 N–H and O–H groups in total. The third-order valence-corrected chi connectivity index (χ3v) is 6.42. The number of ketones is 2. The molecule has 5 aliphatic carbocycles. The maximum Gasteiger partial charge on any atom is 0.143 e. The van der Waals surface area contributed by atoms with Crippen LogP contribution in [0, 0.1) is 46.8 Å². The lowest BCUT2D eigenvalue weighted by atomic mass is 9.49. The van der Waals surface area contributed by atoms with Crippen molar-refractivity contribution < 1.29 is 9.59 Å². The van der Waals surface area contributed by atoms with Gasteiger partial charge in [0.25, 0.3) is 0 Å². The second-order valence-electron chi connectivity index (χ2n) is 6.25. The molecule has 8 atom stereocenters. The zero-order valence-corrected chi connectivity index (χ0v) is 8.07. The highest BCUT2D eigenvalue weighted by molar-refractivity contribution is 6.08. The van der Waals surface area contributed by atoms with Crippen LogP contribution in [0.2, 0.25) is 0 Å². The summed E-state index contributed by atoms with van der Waals surface area (Å²) in [5.74, 6) is 4.00. The third-order valence-electron chi connectivity index (χ3n) is 6.42. The molecule has 2 nitrogen and oxygen atoms in total. The Labute approximate surface area is 82.0 Å². The molecule has 14 heavy (non-hydrogen) atoms. The molecule has 0 saturated heterocycles. The van der Waals surface area contributed by atoms with Crippen molar-refractivity contribution in [1.82, 2.24) is 0 Å². The molecule has 0 aromatic rings. The van der Waals surface area contributed by atoms with Crippen LogP contribution in [0.15, 0.2) is 0 Å². The minimum Gasteiger partial charge on any atom is -0.299 e. The smallest absolute Gasteiger partial charge is 0.143 e. The Balaban J connectivity index is 1.93. The van der Waals surface area contributed by atoms with E-state index in [-0.39, 0.29) is 23.2 Å². The molecular formula is C12H12O2. The fraction of sp³-hybridized carbons (Fsp3) is 0.833. The molecule has 2 bridgehead atoms. The van der Waals surface area contributed by atoms with Crippen molar-refractivity contribution in [3.8, 4) is 0 Å². The fourth-order valence-electron chi connectivity index (χ4n) is 6.36. The summed E-state index contributed by atoms with van der Waals surface area (Å²) in [6, 6.07) is 0. The van der Waals surface area contributed by atoms with E-state index in [0.29, 0.717) is 35.2 Å². The Kier molecular flexibility index (Phi) is 0.689. The van der Waals surface area contributed by atoms with Crippen LogP contribution in [0.4, 0.5) is 0 Å². The normalized spacial score (nSPS) is 75.1. The minimum atomic E-state index is -0.182. The molecule has 2 heteroatoms. The van der Waals surface area contributed by atoms with Crippen molar-refractivity contribution in [1.29, 1.82) is 0 Å². The van der Waals surface area contributed by atoms with Crippen molar-refractivity contribution in [3.63, 3.8) is 0 Å². The van der Waals surface area contributed by atoms with Crippen LogP contribution in [0.25, 0.3) is 0 Å². The summed E-state index contributed by atoms with van der Waals surface area (Å²) in [5, 5.41) is 0. The third kappa shape index (κ3) is 0.322. The first-order valence-corrected chi connectivity index (χ1v) is 5.75. The first kappa shape index (κ1) is 6.76. The van der Waals surface area contributed by atoms with Gasteiger partial charge in [-0.05, 0) is 30.1 Å². The van der Waals surface area contributed by atoms with E-state index in [1.54, 1.807) is 0 Å². The number of fused-ring (bicyclic) bond motifs is 2. The van der Waals surface area contributed by atoms with Gasteiger partial charge in [-0.3, -0.25) is 9.59 Å². The lowest BCUT2D eigenvalue weighted by molar-refractivity contribution is -0.158. The first-order chi connectivity index (χ1) is 6.67. The SMILES string of the molecule is C[C@]12C(=O)[C@@H]3[C@H]4C[C@H]5[C@@H]3C(=O)[C@H]1[C@@H]5[C@@H]42. The maximum absolute atomic E-state index is 12.2. The van der Waals surface area contributed by atoms with E-state index in [0.717, 1.165) is 0 Å². The Morgan fingerprint density at radius 1 is 1.21 bits per heavy atom. The summed E-state index contributed by atoms with van der Waals surface area (Å²) < 4.78 is 0. The quantitative estimate of drug-likeness (QED) is 0.566. The molecule has 0 aromatic heterocycles. The van der Waals surface area contributed by atoms with Crippen molar-refractivity contribution in [2.45, 2.75) is 13.3 Å². The van der Waals surface area contributed by atoms with Gasteiger partial charge in [0, 0.05) is 23.2 Å². The van der Waals surface area contributed by atoms with E-state index in [1.807, 2.05) is 0 Å². The van der Waals surface area contributed by atoms with Gasteiger partial charge in [-0.15, -0.1) is 0 Å². The van der Waals surface area contributed by atoms with Gasteiger partial charge < -0.3 is 0 Å². The Bertz CT molecular complexity index is 422. The monoisotopic (exact) mass is 188 g/mol. The second kappa shape index (κ2) is 1.43. The van der Waals surface area contributed by atoms with Gasteiger partial charge in [-0.1, -0.05) is 6.92 Å². The first-order valence-electron chi connectivity index (χ1n) is 5.75. The highest BCUT2D eigenvalue weighted by Gasteiger charge is 2.88. The number of rotatable bonds is 0. The van der Waals surface area contributed by atoms with Gasteiger partial charge in [0.1, 0.15) is 11.6 Å². The van der Waals surface area contributed by atoms with E-state index >= 15 is 0 Å². The van der Waals surface area contributed by atoms with Crippen molar-refractivity contribution in [2.24, 2.45) is 46.8 Å². The molecule has 0 radical (unpaired) electrons. The van der Waals surface area contributed by atoms with Crippen LogP contribution in [-0.4, -0.2) is 11.6 Å². The summed E-state index contributed by atoms with van der Waals surface area (Å²) in [7, 11) is 0. The number of carbonyl (C=O) groups excluding carboxylic acids is 2. The predicted octanol–water partition coefficient (Wildman–Crippen LogP) is 0.902. The second-order valence-corrected chi connectivity index (χ2v) is 6.25. The molecule has 0 aliphatic heterocycles. The number of hydrogen-bond acceptors (Lipinski definition) is 2. The average Bonchev–Trinajstić information content (AvgIpc) is 2.67. The van der Waals surface area contributed by atoms with Gasteiger partial charge in [0.05, 0.1) is 0 Å².